The molecule has 0 radical (unpaired) electrons. The van der Waals surface area contributed by atoms with Crippen LogP contribution in [0.5, 0.6) is 5.75 Å². The lowest BCUT2D eigenvalue weighted by molar-refractivity contribution is -0.0501. The minimum Gasteiger partial charge on any atom is -0.434 e. The number of benzene rings is 2. The van der Waals surface area contributed by atoms with E-state index in [0.717, 1.165) is 39.0 Å². The van der Waals surface area contributed by atoms with Crippen LogP contribution in [0.15, 0.2) is 54.7 Å². The number of nitrogens with two attached hydrogens (primary N) is 1. The van der Waals surface area contributed by atoms with Crippen molar-refractivity contribution in [3.63, 3.8) is 0 Å². The summed E-state index contributed by atoms with van der Waals surface area (Å²) in [6.07, 6.45) is 3.92. The van der Waals surface area contributed by atoms with Gasteiger partial charge in [0, 0.05) is 5.39 Å². The number of carbonyl (C=O) groups is 1. The van der Waals surface area contributed by atoms with Crippen LogP contribution in [-0.2, 0) is 0 Å². The first-order valence-corrected chi connectivity index (χ1v) is 11.1. The number of nitrogens with zero attached hydrogens (tertiary/aromatic N) is 2. The van der Waals surface area contributed by atoms with Gasteiger partial charge in [-0.2, -0.15) is 8.78 Å². The predicted molar refractivity (Wildman–Crippen MR) is 121 cm³/mol. The first-order valence-electron chi connectivity index (χ1n) is 10.3. The largest absolute Gasteiger partial charge is 0.434 e. The molecule has 1 unspecified atom stereocenters. The second-order valence-corrected chi connectivity index (χ2v) is 8.26. The van der Waals surface area contributed by atoms with Crippen molar-refractivity contribution in [1.82, 2.24) is 15.3 Å². The van der Waals surface area contributed by atoms with Crippen molar-refractivity contribution < 1.29 is 18.3 Å². The van der Waals surface area contributed by atoms with Crippen LogP contribution in [0, 0.1) is 0 Å². The van der Waals surface area contributed by atoms with E-state index < -0.39 is 18.6 Å². The molecular formula is C23H22F2N4O2S. The second kappa shape index (κ2) is 9.97. The van der Waals surface area contributed by atoms with Crippen LogP contribution in [0.25, 0.3) is 21.1 Å². The Morgan fingerprint density at radius 2 is 1.88 bits per heavy atom. The molecule has 0 aliphatic heterocycles. The number of aromatic nitrogens is 2. The van der Waals surface area contributed by atoms with Crippen molar-refractivity contribution in [1.29, 1.82) is 0 Å². The molecular weight excluding hydrogens is 434 g/mol. The van der Waals surface area contributed by atoms with E-state index in [1.165, 1.54) is 23.5 Å². The lowest BCUT2D eigenvalue weighted by Gasteiger charge is -2.18. The van der Waals surface area contributed by atoms with E-state index >= 15 is 0 Å². The van der Waals surface area contributed by atoms with E-state index in [1.807, 2.05) is 24.3 Å². The van der Waals surface area contributed by atoms with Crippen LogP contribution in [0.1, 0.15) is 40.7 Å². The fourth-order valence-corrected chi connectivity index (χ4v) is 4.68. The SMILES string of the molecule is NCCCCC(NC(=O)c1ccccc1OC(F)F)c1nc2cnc3ccccc3c2s1. The quantitative estimate of drug-likeness (QED) is 0.344. The third kappa shape index (κ3) is 4.84. The highest BCUT2D eigenvalue weighted by Crippen LogP contribution is 2.33. The summed E-state index contributed by atoms with van der Waals surface area (Å²) in [5.41, 5.74) is 7.31. The zero-order valence-electron chi connectivity index (χ0n) is 17.1. The van der Waals surface area contributed by atoms with Gasteiger partial charge >= 0.3 is 6.61 Å². The van der Waals surface area contributed by atoms with E-state index in [-0.39, 0.29) is 11.3 Å². The van der Waals surface area contributed by atoms with Crippen molar-refractivity contribution >= 4 is 38.4 Å². The van der Waals surface area contributed by atoms with Crippen molar-refractivity contribution in [3.8, 4) is 5.75 Å². The van der Waals surface area contributed by atoms with Crippen LogP contribution in [-0.4, -0.2) is 29.0 Å². The summed E-state index contributed by atoms with van der Waals surface area (Å²) in [6.45, 7) is -2.48. The first kappa shape index (κ1) is 22.0. The molecule has 9 heteroatoms. The summed E-state index contributed by atoms with van der Waals surface area (Å²) in [6, 6.07) is 13.4. The van der Waals surface area contributed by atoms with Crippen LogP contribution in [0.4, 0.5) is 8.78 Å². The normalized spacial score (nSPS) is 12.4. The summed E-state index contributed by atoms with van der Waals surface area (Å²) in [5.74, 6) is -0.665. The molecule has 2 aromatic carbocycles. The number of ether oxygens (including phenoxy) is 1. The van der Waals surface area contributed by atoms with Gasteiger partial charge in [0.05, 0.1) is 28.0 Å². The fraction of sp³-hybridized carbons (Fsp3) is 0.261. The standard InChI is InChI=1S/C23H22F2N4O2S/c24-23(25)31-19-11-4-2-8-15(19)21(30)28-17(10-5-6-12-26)22-29-18-13-27-16-9-3-1-7-14(16)20(18)32-22/h1-4,7-9,11,13,17,23H,5-6,10,12,26H2,(H,28,30). The number of pyridine rings is 1. The van der Waals surface area contributed by atoms with Crippen molar-refractivity contribution in [3.05, 3.63) is 65.3 Å². The summed E-state index contributed by atoms with van der Waals surface area (Å²) < 4.78 is 31.0. The Balaban J connectivity index is 1.66. The van der Waals surface area contributed by atoms with Gasteiger partial charge in [-0.1, -0.05) is 30.3 Å². The van der Waals surface area contributed by atoms with Gasteiger partial charge in [0.2, 0.25) is 0 Å². The molecule has 0 aliphatic carbocycles. The Morgan fingerprint density at radius 1 is 1.09 bits per heavy atom. The van der Waals surface area contributed by atoms with Crippen molar-refractivity contribution in [2.75, 3.05) is 6.54 Å². The molecule has 1 atom stereocenters. The molecule has 0 bridgehead atoms. The molecule has 0 aliphatic rings. The molecule has 3 N–H and O–H groups in total. The van der Waals surface area contributed by atoms with Gasteiger partial charge < -0.3 is 15.8 Å². The molecule has 4 rings (SSSR count). The van der Waals surface area contributed by atoms with Crippen LogP contribution in [0.2, 0.25) is 0 Å². The Bertz CT molecular complexity index is 1230. The maximum atomic E-state index is 13.0. The number of halogens is 2. The molecule has 0 saturated carbocycles. The number of hydrogen-bond donors (Lipinski definition) is 2. The number of rotatable bonds is 9. The fourth-order valence-electron chi connectivity index (χ4n) is 3.53. The van der Waals surface area contributed by atoms with E-state index in [9.17, 15) is 13.6 Å². The van der Waals surface area contributed by atoms with Crippen LogP contribution in [0.3, 0.4) is 0 Å². The molecule has 2 aromatic heterocycles. The molecule has 32 heavy (non-hydrogen) atoms. The summed E-state index contributed by atoms with van der Waals surface area (Å²) >= 11 is 1.50. The van der Waals surface area contributed by atoms with Crippen LogP contribution >= 0.6 is 11.3 Å². The first-order chi connectivity index (χ1) is 15.6. The number of fused-ring (bicyclic) bond motifs is 3. The highest BCUT2D eigenvalue weighted by Gasteiger charge is 2.23. The molecule has 0 spiro atoms. The molecule has 1 amide bonds. The number of unbranched alkanes of at least 4 members (excludes halogenated alkanes) is 1. The Morgan fingerprint density at radius 3 is 2.69 bits per heavy atom. The van der Waals surface area contributed by atoms with Gasteiger partial charge in [0.25, 0.3) is 5.91 Å². The van der Waals surface area contributed by atoms with Gasteiger partial charge in [-0.05, 0) is 44.0 Å². The van der Waals surface area contributed by atoms with Crippen LogP contribution < -0.4 is 15.8 Å². The van der Waals surface area contributed by atoms with Gasteiger partial charge in [-0.25, -0.2) is 4.98 Å². The molecule has 0 saturated heterocycles. The van der Waals surface area contributed by atoms with Gasteiger partial charge in [0.15, 0.2) is 0 Å². The van der Waals surface area contributed by atoms with Gasteiger partial charge in [-0.3, -0.25) is 9.78 Å². The zero-order chi connectivity index (χ0) is 22.5. The predicted octanol–water partition coefficient (Wildman–Crippen LogP) is 5.05. The number of carbonyl (C=O) groups excluding carboxylic acids is 1. The maximum Gasteiger partial charge on any atom is 0.387 e. The van der Waals surface area contributed by atoms with E-state index in [4.69, 9.17) is 10.7 Å². The number of alkyl halides is 2. The number of para-hydroxylation sites is 2. The number of thiazole rings is 1. The zero-order valence-corrected chi connectivity index (χ0v) is 17.9. The molecule has 6 nitrogen and oxygen atoms in total. The minimum atomic E-state index is -3.02. The smallest absolute Gasteiger partial charge is 0.387 e. The second-order valence-electron chi connectivity index (χ2n) is 7.23. The monoisotopic (exact) mass is 456 g/mol. The van der Waals surface area contributed by atoms with E-state index in [1.54, 1.807) is 18.3 Å². The van der Waals surface area contributed by atoms with Gasteiger partial charge in [-0.15, -0.1) is 11.3 Å². The van der Waals surface area contributed by atoms with E-state index in [2.05, 4.69) is 15.0 Å². The minimum absolute atomic E-state index is 0.0462. The van der Waals surface area contributed by atoms with Crippen molar-refractivity contribution in [2.45, 2.75) is 31.9 Å². The summed E-state index contributed by atoms with van der Waals surface area (Å²) in [4.78, 5) is 22.2. The highest BCUT2D eigenvalue weighted by atomic mass is 32.1. The summed E-state index contributed by atoms with van der Waals surface area (Å²) in [5, 5.41) is 4.68. The molecule has 0 fully saturated rings. The topological polar surface area (TPSA) is 90.1 Å². The summed E-state index contributed by atoms with van der Waals surface area (Å²) in [7, 11) is 0. The molecule has 4 aromatic rings. The highest BCUT2D eigenvalue weighted by molar-refractivity contribution is 7.19. The van der Waals surface area contributed by atoms with E-state index in [0.29, 0.717) is 13.0 Å². The maximum absolute atomic E-state index is 13.0. The van der Waals surface area contributed by atoms with Gasteiger partial charge in [0.1, 0.15) is 16.3 Å². The average Bonchev–Trinajstić information content (AvgIpc) is 3.23. The lowest BCUT2D eigenvalue weighted by atomic mass is 10.1. The van der Waals surface area contributed by atoms with Crippen molar-refractivity contribution in [2.24, 2.45) is 5.73 Å². The average molecular weight is 457 g/mol. The third-order valence-electron chi connectivity index (χ3n) is 5.04. The number of amides is 1. The Labute approximate surface area is 187 Å². The number of nitrogens with one attached hydrogen (secondary N) is 1. The Kier molecular flexibility index (Phi) is 6.87. The third-order valence-corrected chi connectivity index (χ3v) is 6.26. The number of hydrogen-bond acceptors (Lipinski definition) is 6. The Hall–Kier alpha value is -3.17. The molecule has 2 heterocycles. The lowest BCUT2D eigenvalue weighted by Crippen LogP contribution is -2.29. The molecule has 166 valence electrons.